The molecule has 1 atom stereocenters. The van der Waals surface area contributed by atoms with E-state index in [0.29, 0.717) is 0 Å². The first kappa shape index (κ1) is 14.0. The second kappa shape index (κ2) is 5.03. The van der Waals surface area contributed by atoms with Crippen molar-refractivity contribution in [2.24, 2.45) is 0 Å². The van der Waals surface area contributed by atoms with Crippen molar-refractivity contribution in [2.45, 2.75) is 19.4 Å². The maximum Gasteiger partial charge on any atom is 0.334 e. The Balaban J connectivity index is 3.47. The molecule has 0 radical (unpaired) electrons. The number of carbonyl (C=O) groups is 2. The number of amides is 1. The molecule has 1 unspecified atom stereocenters. The van der Waals surface area contributed by atoms with Crippen molar-refractivity contribution in [3.05, 3.63) is 29.6 Å². The first-order valence-corrected chi connectivity index (χ1v) is 5.18. The summed E-state index contributed by atoms with van der Waals surface area (Å²) < 4.78 is 18.8. The van der Waals surface area contributed by atoms with Gasteiger partial charge in [0.1, 0.15) is 11.6 Å². The normalized spacial score (nSPS) is 13.6. The van der Waals surface area contributed by atoms with E-state index in [0.717, 1.165) is 13.0 Å². The highest BCUT2D eigenvalue weighted by Gasteiger charge is 2.41. The number of carboxylic acids is 1. The highest BCUT2D eigenvalue weighted by molar-refractivity contribution is 5.87. The number of carbonyl (C=O) groups excluding carboxylic acids is 1. The summed E-state index contributed by atoms with van der Waals surface area (Å²) in [7, 11) is 1.30. The van der Waals surface area contributed by atoms with E-state index in [1.807, 2.05) is 0 Å². The molecule has 1 aromatic rings. The molecule has 0 fully saturated rings. The van der Waals surface area contributed by atoms with Gasteiger partial charge in [-0.2, -0.15) is 0 Å². The number of halogens is 1. The molecule has 0 aliphatic rings. The van der Waals surface area contributed by atoms with Crippen LogP contribution in [0.4, 0.5) is 4.39 Å². The quantitative estimate of drug-likeness (QED) is 0.849. The summed E-state index contributed by atoms with van der Waals surface area (Å²) in [4.78, 5) is 22.5. The van der Waals surface area contributed by atoms with Crippen LogP contribution in [0.1, 0.15) is 19.4 Å². The summed E-state index contributed by atoms with van der Waals surface area (Å²) in [5.74, 6) is -2.65. The molecule has 0 spiro atoms. The fourth-order valence-electron chi connectivity index (χ4n) is 1.73. The topological polar surface area (TPSA) is 75.6 Å². The molecule has 0 saturated heterocycles. The Morgan fingerprint density at radius 1 is 1.44 bits per heavy atom. The fourth-order valence-corrected chi connectivity index (χ4v) is 1.73. The Morgan fingerprint density at radius 2 is 2.06 bits per heavy atom. The minimum absolute atomic E-state index is 0.0636. The zero-order chi connectivity index (χ0) is 13.9. The van der Waals surface area contributed by atoms with Gasteiger partial charge in [-0.3, -0.25) is 4.79 Å². The van der Waals surface area contributed by atoms with E-state index in [2.05, 4.69) is 5.32 Å². The Kier molecular flexibility index (Phi) is 3.90. The molecule has 0 aliphatic carbocycles. The van der Waals surface area contributed by atoms with Crippen LogP contribution in [0.2, 0.25) is 0 Å². The second-order valence-corrected chi connectivity index (χ2v) is 3.93. The van der Waals surface area contributed by atoms with Crippen LogP contribution in [0.5, 0.6) is 5.75 Å². The maximum atomic E-state index is 13.8. The van der Waals surface area contributed by atoms with Crippen LogP contribution in [-0.2, 0) is 15.1 Å². The van der Waals surface area contributed by atoms with Gasteiger partial charge in [0.05, 0.1) is 12.7 Å². The Morgan fingerprint density at radius 3 is 2.50 bits per heavy atom. The highest BCUT2D eigenvalue weighted by Crippen LogP contribution is 2.32. The van der Waals surface area contributed by atoms with Gasteiger partial charge in [0.15, 0.2) is 5.54 Å². The minimum atomic E-state index is -1.89. The molecule has 98 valence electrons. The Bertz CT molecular complexity index is 489. The number of hydrogen-bond acceptors (Lipinski definition) is 3. The molecule has 0 aromatic heterocycles. The number of benzene rings is 1. The molecule has 2 N–H and O–H groups in total. The predicted octanol–water partition coefficient (Wildman–Crippen LogP) is 1.27. The molecule has 0 bridgehead atoms. The number of ether oxygens (including phenoxy) is 1. The summed E-state index contributed by atoms with van der Waals surface area (Å²) in [6.45, 7) is 2.37. The van der Waals surface area contributed by atoms with Gasteiger partial charge < -0.3 is 15.2 Å². The van der Waals surface area contributed by atoms with Gasteiger partial charge in [0.25, 0.3) is 0 Å². The third kappa shape index (κ3) is 2.42. The summed E-state index contributed by atoms with van der Waals surface area (Å²) in [5.41, 5.74) is -2.10. The standard InChI is InChI=1S/C12H14FNO4/c1-7(15)14-12(2,11(16)17)10-8(13)5-4-6-9(10)18-3/h4-6H,1-3H3,(H,14,15)(H,16,17). The Hall–Kier alpha value is -2.11. The van der Waals surface area contributed by atoms with Gasteiger partial charge in [0.2, 0.25) is 5.91 Å². The number of carboxylic acid groups (broad SMARTS) is 1. The number of hydrogen-bond donors (Lipinski definition) is 2. The average Bonchev–Trinajstić information content (AvgIpc) is 2.27. The van der Waals surface area contributed by atoms with E-state index in [1.165, 1.54) is 26.2 Å². The van der Waals surface area contributed by atoms with E-state index >= 15 is 0 Å². The number of aliphatic carboxylic acids is 1. The van der Waals surface area contributed by atoms with Crippen LogP contribution in [0.25, 0.3) is 0 Å². The molecular weight excluding hydrogens is 241 g/mol. The molecule has 6 heteroatoms. The Labute approximate surface area is 104 Å². The average molecular weight is 255 g/mol. The van der Waals surface area contributed by atoms with E-state index in [4.69, 9.17) is 4.74 Å². The largest absolute Gasteiger partial charge is 0.496 e. The molecule has 0 aliphatic heterocycles. The van der Waals surface area contributed by atoms with Crippen LogP contribution in [0, 0.1) is 5.82 Å². The number of methoxy groups -OCH3 is 1. The highest BCUT2D eigenvalue weighted by atomic mass is 19.1. The molecule has 1 rings (SSSR count). The molecule has 1 aromatic carbocycles. The summed E-state index contributed by atoms with van der Waals surface area (Å²) in [6, 6.07) is 3.94. The fraction of sp³-hybridized carbons (Fsp3) is 0.333. The van der Waals surface area contributed by atoms with Gasteiger partial charge in [0, 0.05) is 6.92 Å². The van der Waals surface area contributed by atoms with Crippen molar-refractivity contribution in [3.63, 3.8) is 0 Å². The van der Waals surface area contributed by atoms with Crippen LogP contribution in [0.3, 0.4) is 0 Å². The van der Waals surface area contributed by atoms with Crippen molar-refractivity contribution in [2.75, 3.05) is 7.11 Å². The van der Waals surface area contributed by atoms with E-state index < -0.39 is 23.2 Å². The lowest BCUT2D eigenvalue weighted by Gasteiger charge is -2.28. The monoisotopic (exact) mass is 255 g/mol. The molecule has 18 heavy (non-hydrogen) atoms. The lowest BCUT2D eigenvalue weighted by atomic mass is 9.90. The zero-order valence-corrected chi connectivity index (χ0v) is 10.3. The second-order valence-electron chi connectivity index (χ2n) is 3.93. The van der Waals surface area contributed by atoms with Crippen LogP contribution < -0.4 is 10.1 Å². The number of nitrogens with one attached hydrogen (secondary N) is 1. The zero-order valence-electron chi connectivity index (χ0n) is 10.3. The van der Waals surface area contributed by atoms with Crippen LogP contribution >= 0.6 is 0 Å². The summed E-state index contributed by atoms with van der Waals surface area (Å²) in [5, 5.41) is 11.5. The smallest absolute Gasteiger partial charge is 0.334 e. The summed E-state index contributed by atoms with van der Waals surface area (Å²) >= 11 is 0. The van der Waals surface area contributed by atoms with E-state index in [1.54, 1.807) is 0 Å². The predicted molar refractivity (Wildman–Crippen MR) is 61.8 cm³/mol. The van der Waals surface area contributed by atoms with Crippen LogP contribution in [-0.4, -0.2) is 24.1 Å². The number of rotatable bonds is 4. The SMILES string of the molecule is COc1cccc(F)c1C(C)(NC(C)=O)C(=O)O. The lowest BCUT2D eigenvalue weighted by molar-refractivity contribution is -0.147. The summed E-state index contributed by atoms with van der Waals surface area (Å²) in [6.07, 6.45) is 0. The van der Waals surface area contributed by atoms with E-state index in [-0.39, 0.29) is 11.3 Å². The van der Waals surface area contributed by atoms with Gasteiger partial charge in [-0.25, -0.2) is 9.18 Å². The van der Waals surface area contributed by atoms with Gasteiger partial charge in [-0.15, -0.1) is 0 Å². The molecule has 1 amide bonds. The minimum Gasteiger partial charge on any atom is -0.496 e. The molecule has 0 heterocycles. The first-order chi connectivity index (χ1) is 8.32. The molecular formula is C12H14FNO4. The van der Waals surface area contributed by atoms with E-state index in [9.17, 15) is 19.1 Å². The van der Waals surface area contributed by atoms with Crippen molar-refractivity contribution in [1.29, 1.82) is 0 Å². The van der Waals surface area contributed by atoms with Gasteiger partial charge in [-0.05, 0) is 19.1 Å². The lowest BCUT2D eigenvalue weighted by Crippen LogP contribution is -2.49. The maximum absolute atomic E-state index is 13.8. The van der Waals surface area contributed by atoms with Gasteiger partial charge in [-0.1, -0.05) is 6.07 Å². The third-order valence-electron chi connectivity index (χ3n) is 2.55. The molecule has 5 nitrogen and oxygen atoms in total. The van der Waals surface area contributed by atoms with Crippen molar-refractivity contribution in [1.82, 2.24) is 5.32 Å². The molecule has 0 saturated carbocycles. The van der Waals surface area contributed by atoms with Gasteiger partial charge >= 0.3 is 5.97 Å². The van der Waals surface area contributed by atoms with Crippen molar-refractivity contribution < 1.29 is 23.8 Å². The van der Waals surface area contributed by atoms with Crippen molar-refractivity contribution >= 4 is 11.9 Å². The van der Waals surface area contributed by atoms with Crippen LogP contribution in [0.15, 0.2) is 18.2 Å². The third-order valence-corrected chi connectivity index (χ3v) is 2.55. The first-order valence-electron chi connectivity index (χ1n) is 5.18. The van der Waals surface area contributed by atoms with Crippen molar-refractivity contribution in [3.8, 4) is 5.75 Å².